The first kappa shape index (κ1) is 12.4. The summed E-state index contributed by atoms with van der Waals surface area (Å²) in [5, 5.41) is 3.48. The third-order valence-electron chi connectivity index (χ3n) is 3.12. The highest BCUT2D eigenvalue weighted by Gasteiger charge is 2.29. The van der Waals surface area contributed by atoms with Crippen molar-refractivity contribution in [1.29, 1.82) is 0 Å². The Hall–Kier alpha value is -1.06. The SMILES string of the molecule is Cc1ccc(Cl)cc1NC(=O)CC(N)C1CC1. The van der Waals surface area contributed by atoms with Gasteiger partial charge in [0.1, 0.15) is 0 Å². The zero-order valence-electron chi connectivity index (χ0n) is 9.87. The zero-order chi connectivity index (χ0) is 12.4. The van der Waals surface area contributed by atoms with E-state index in [-0.39, 0.29) is 11.9 Å². The third kappa shape index (κ3) is 3.45. The lowest BCUT2D eigenvalue weighted by Gasteiger charge is -2.12. The van der Waals surface area contributed by atoms with Crippen molar-refractivity contribution in [2.75, 3.05) is 5.32 Å². The van der Waals surface area contributed by atoms with Crippen LogP contribution in [0.2, 0.25) is 5.02 Å². The lowest BCUT2D eigenvalue weighted by molar-refractivity contribution is -0.116. The van der Waals surface area contributed by atoms with Crippen LogP contribution < -0.4 is 11.1 Å². The molecule has 92 valence electrons. The van der Waals surface area contributed by atoms with Crippen LogP contribution in [-0.2, 0) is 4.79 Å². The van der Waals surface area contributed by atoms with Gasteiger partial charge in [0.25, 0.3) is 0 Å². The summed E-state index contributed by atoms with van der Waals surface area (Å²) in [6.07, 6.45) is 2.70. The van der Waals surface area contributed by atoms with Crippen LogP contribution in [0.4, 0.5) is 5.69 Å². The van der Waals surface area contributed by atoms with E-state index in [9.17, 15) is 4.79 Å². The van der Waals surface area contributed by atoms with Crippen LogP contribution >= 0.6 is 11.6 Å². The molecule has 0 saturated heterocycles. The Bertz CT molecular complexity index is 429. The van der Waals surface area contributed by atoms with E-state index in [1.54, 1.807) is 6.07 Å². The largest absolute Gasteiger partial charge is 0.327 e. The zero-order valence-corrected chi connectivity index (χ0v) is 10.6. The molecule has 1 amide bonds. The molecule has 0 heterocycles. The maximum atomic E-state index is 11.8. The van der Waals surface area contributed by atoms with Crippen LogP contribution in [0.3, 0.4) is 0 Å². The molecule has 0 aliphatic heterocycles. The van der Waals surface area contributed by atoms with Crippen molar-refractivity contribution in [3.05, 3.63) is 28.8 Å². The maximum absolute atomic E-state index is 11.8. The van der Waals surface area contributed by atoms with E-state index in [0.29, 0.717) is 17.4 Å². The summed E-state index contributed by atoms with van der Waals surface area (Å²) >= 11 is 5.89. The summed E-state index contributed by atoms with van der Waals surface area (Å²) < 4.78 is 0. The Morgan fingerprint density at radius 1 is 1.59 bits per heavy atom. The molecule has 0 aromatic heterocycles. The minimum Gasteiger partial charge on any atom is -0.327 e. The summed E-state index contributed by atoms with van der Waals surface area (Å²) in [6.45, 7) is 1.94. The summed E-state index contributed by atoms with van der Waals surface area (Å²) in [5.41, 5.74) is 7.69. The Morgan fingerprint density at radius 2 is 2.29 bits per heavy atom. The van der Waals surface area contributed by atoms with Gasteiger partial charge in [-0.15, -0.1) is 0 Å². The van der Waals surface area contributed by atoms with Crippen LogP contribution in [0, 0.1) is 12.8 Å². The van der Waals surface area contributed by atoms with Gasteiger partial charge in [-0.25, -0.2) is 0 Å². The fourth-order valence-electron chi connectivity index (χ4n) is 1.84. The lowest BCUT2D eigenvalue weighted by Crippen LogP contribution is -2.29. The fourth-order valence-corrected chi connectivity index (χ4v) is 2.01. The van der Waals surface area contributed by atoms with Crippen LogP contribution in [0.25, 0.3) is 0 Å². The Morgan fingerprint density at radius 3 is 2.94 bits per heavy atom. The molecule has 0 bridgehead atoms. The molecular weight excluding hydrogens is 236 g/mol. The van der Waals surface area contributed by atoms with E-state index in [2.05, 4.69) is 5.32 Å². The summed E-state index contributed by atoms with van der Waals surface area (Å²) in [6, 6.07) is 5.45. The molecule has 2 rings (SSSR count). The lowest BCUT2D eigenvalue weighted by atomic mass is 10.1. The molecule has 0 radical (unpaired) electrons. The van der Waals surface area contributed by atoms with Gasteiger partial charge in [-0.05, 0) is 43.4 Å². The van der Waals surface area contributed by atoms with Gasteiger partial charge in [-0.2, -0.15) is 0 Å². The van der Waals surface area contributed by atoms with E-state index in [1.165, 1.54) is 0 Å². The van der Waals surface area contributed by atoms with Gasteiger partial charge >= 0.3 is 0 Å². The molecule has 1 fully saturated rings. The number of benzene rings is 1. The number of hydrogen-bond acceptors (Lipinski definition) is 2. The molecule has 3 N–H and O–H groups in total. The van der Waals surface area contributed by atoms with Crippen molar-refractivity contribution in [2.45, 2.75) is 32.2 Å². The molecule has 1 aliphatic carbocycles. The second kappa shape index (κ2) is 5.07. The van der Waals surface area contributed by atoms with Crippen LogP contribution in [0.1, 0.15) is 24.8 Å². The average Bonchev–Trinajstić information content (AvgIpc) is 3.06. The Kier molecular flexibility index (Phi) is 3.69. The van der Waals surface area contributed by atoms with E-state index in [1.807, 2.05) is 19.1 Å². The van der Waals surface area contributed by atoms with Crippen LogP contribution in [-0.4, -0.2) is 11.9 Å². The molecule has 1 saturated carbocycles. The molecular formula is C13H17ClN2O. The maximum Gasteiger partial charge on any atom is 0.225 e. The topological polar surface area (TPSA) is 55.1 Å². The minimum absolute atomic E-state index is 0.00510. The van der Waals surface area contributed by atoms with Gasteiger partial charge in [0.2, 0.25) is 5.91 Å². The van der Waals surface area contributed by atoms with Gasteiger partial charge in [-0.1, -0.05) is 17.7 Å². The first-order valence-corrected chi connectivity index (χ1v) is 6.25. The number of hydrogen-bond donors (Lipinski definition) is 2. The van der Waals surface area contributed by atoms with Crippen molar-refractivity contribution in [1.82, 2.24) is 0 Å². The Balaban J connectivity index is 1.94. The van der Waals surface area contributed by atoms with Crippen LogP contribution in [0.15, 0.2) is 18.2 Å². The average molecular weight is 253 g/mol. The quantitative estimate of drug-likeness (QED) is 0.866. The predicted molar refractivity (Wildman–Crippen MR) is 70.1 cm³/mol. The number of rotatable bonds is 4. The first-order chi connectivity index (χ1) is 8.06. The molecule has 1 aromatic carbocycles. The van der Waals surface area contributed by atoms with Gasteiger partial charge in [0.15, 0.2) is 0 Å². The molecule has 17 heavy (non-hydrogen) atoms. The van der Waals surface area contributed by atoms with Gasteiger partial charge in [0, 0.05) is 23.2 Å². The number of nitrogens with one attached hydrogen (secondary N) is 1. The second-order valence-corrected chi connectivity index (χ2v) is 5.15. The highest BCUT2D eigenvalue weighted by molar-refractivity contribution is 6.31. The number of anilines is 1. The van der Waals surface area contributed by atoms with Gasteiger partial charge in [-0.3, -0.25) is 4.79 Å². The molecule has 1 aliphatic rings. The second-order valence-electron chi connectivity index (χ2n) is 4.71. The van der Waals surface area contributed by atoms with Gasteiger partial charge in [0.05, 0.1) is 0 Å². The molecule has 4 heteroatoms. The predicted octanol–water partition coefficient (Wildman–Crippen LogP) is 2.71. The number of carbonyl (C=O) groups is 1. The molecule has 0 spiro atoms. The monoisotopic (exact) mass is 252 g/mol. The number of carbonyl (C=O) groups excluding carboxylic acids is 1. The number of amides is 1. The summed E-state index contributed by atoms with van der Waals surface area (Å²) in [4.78, 5) is 11.8. The minimum atomic E-state index is -0.0326. The summed E-state index contributed by atoms with van der Waals surface area (Å²) in [7, 11) is 0. The highest BCUT2D eigenvalue weighted by Crippen LogP contribution is 2.33. The molecule has 3 nitrogen and oxygen atoms in total. The molecule has 1 unspecified atom stereocenters. The van der Waals surface area contributed by atoms with Crippen molar-refractivity contribution >= 4 is 23.2 Å². The fraction of sp³-hybridized carbons (Fsp3) is 0.462. The van der Waals surface area contributed by atoms with E-state index < -0.39 is 0 Å². The van der Waals surface area contributed by atoms with E-state index in [0.717, 1.165) is 24.1 Å². The first-order valence-electron chi connectivity index (χ1n) is 5.88. The number of nitrogens with two attached hydrogens (primary N) is 1. The highest BCUT2D eigenvalue weighted by atomic mass is 35.5. The summed E-state index contributed by atoms with van der Waals surface area (Å²) in [5.74, 6) is 0.510. The number of halogens is 1. The molecule has 1 atom stereocenters. The Labute approximate surface area is 106 Å². The van der Waals surface area contributed by atoms with Crippen LogP contribution in [0.5, 0.6) is 0 Å². The normalized spacial score (nSPS) is 16.6. The smallest absolute Gasteiger partial charge is 0.225 e. The van der Waals surface area contributed by atoms with Crippen molar-refractivity contribution < 1.29 is 4.79 Å². The third-order valence-corrected chi connectivity index (χ3v) is 3.36. The number of aryl methyl sites for hydroxylation is 1. The van der Waals surface area contributed by atoms with Crippen molar-refractivity contribution in [2.24, 2.45) is 11.7 Å². The van der Waals surface area contributed by atoms with Crippen molar-refractivity contribution in [3.63, 3.8) is 0 Å². The van der Waals surface area contributed by atoms with Crippen molar-refractivity contribution in [3.8, 4) is 0 Å². The molecule has 1 aromatic rings. The van der Waals surface area contributed by atoms with E-state index >= 15 is 0 Å². The standard InChI is InChI=1S/C13H17ClN2O/c1-8-2-5-10(14)6-12(8)16-13(17)7-11(15)9-3-4-9/h2,5-6,9,11H,3-4,7,15H2,1H3,(H,16,17). The van der Waals surface area contributed by atoms with Gasteiger partial charge < -0.3 is 11.1 Å². The van der Waals surface area contributed by atoms with E-state index in [4.69, 9.17) is 17.3 Å².